The minimum absolute atomic E-state index is 0.129. The van der Waals surface area contributed by atoms with Gasteiger partial charge < -0.3 is 4.74 Å². The van der Waals surface area contributed by atoms with Crippen molar-refractivity contribution in [2.45, 2.75) is 59.3 Å². The maximum atomic E-state index is 11.9. The van der Waals surface area contributed by atoms with Gasteiger partial charge in [0.2, 0.25) is 0 Å². The summed E-state index contributed by atoms with van der Waals surface area (Å²) in [6, 6.07) is 14.2. The Morgan fingerprint density at radius 3 is 2.31 bits per heavy atom. The first kappa shape index (κ1) is 20.5. The minimum Gasteiger partial charge on any atom is -0.425 e. The van der Waals surface area contributed by atoms with Crippen molar-refractivity contribution in [3.63, 3.8) is 0 Å². The first-order valence-electron chi connectivity index (χ1n) is 9.65. The van der Waals surface area contributed by atoms with Crippen LogP contribution in [0.5, 0.6) is 5.75 Å². The second-order valence-electron chi connectivity index (χ2n) is 6.88. The molecule has 0 radical (unpaired) electrons. The number of esters is 1. The molecular formula is C23H29ClO2. The fourth-order valence-electron chi connectivity index (χ4n) is 2.76. The van der Waals surface area contributed by atoms with Crippen molar-refractivity contribution < 1.29 is 9.53 Å². The predicted molar refractivity (Wildman–Crippen MR) is 110 cm³/mol. The molecule has 2 nitrogen and oxygen atoms in total. The van der Waals surface area contributed by atoms with Gasteiger partial charge in [0.25, 0.3) is 0 Å². The Labute approximate surface area is 162 Å². The van der Waals surface area contributed by atoms with Crippen molar-refractivity contribution in [3.8, 4) is 16.9 Å². The van der Waals surface area contributed by atoms with E-state index in [1.54, 1.807) is 6.07 Å². The second kappa shape index (κ2) is 10.4. The van der Waals surface area contributed by atoms with Gasteiger partial charge in [-0.05, 0) is 48.1 Å². The molecule has 0 spiro atoms. The third-order valence-corrected chi connectivity index (χ3v) is 5.06. The molecule has 0 amide bonds. The van der Waals surface area contributed by atoms with Crippen LogP contribution in [-0.4, -0.2) is 5.97 Å². The molecule has 2 aromatic rings. The van der Waals surface area contributed by atoms with E-state index in [1.807, 2.05) is 26.0 Å². The van der Waals surface area contributed by atoms with Gasteiger partial charge in [-0.2, -0.15) is 0 Å². The Kier molecular flexibility index (Phi) is 8.18. The Hall–Kier alpha value is -1.80. The average Bonchev–Trinajstić information content (AvgIpc) is 2.66. The topological polar surface area (TPSA) is 26.3 Å². The molecule has 0 fully saturated rings. The molecule has 3 heteroatoms. The zero-order chi connectivity index (χ0) is 18.9. The minimum atomic E-state index is -0.241. The SMILES string of the molecule is CCCCCCc1ccc(-c2ccc(OC(=O)C(C)CC)c(Cl)c2)cc1. The van der Waals surface area contributed by atoms with Crippen LogP contribution in [-0.2, 0) is 11.2 Å². The van der Waals surface area contributed by atoms with Gasteiger partial charge >= 0.3 is 5.97 Å². The van der Waals surface area contributed by atoms with Crippen LogP contribution in [0, 0.1) is 5.92 Å². The Morgan fingerprint density at radius 1 is 1.00 bits per heavy atom. The standard InChI is InChI=1S/C23H29ClO2/c1-4-6-7-8-9-18-10-12-19(13-11-18)20-14-15-22(21(24)16-20)26-23(25)17(3)5-2/h10-17H,4-9H2,1-3H3. The summed E-state index contributed by atoms with van der Waals surface area (Å²) in [5, 5.41) is 0.461. The van der Waals surface area contributed by atoms with Gasteiger partial charge in [0.05, 0.1) is 10.9 Å². The number of carbonyl (C=O) groups excluding carboxylic acids is 1. The molecule has 0 N–H and O–H groups in total. The number of benzene rings is 2. The van der Waals surface area contributed by atoms with Gasteiger partial charge in [0, 0.05) is 0 Å². The zero-order valence-electron chi connectivity index (χ0n) is 16.1. The van der Waals surface area contributed by atoms with E-state index in [2.05, 4.69) is 31.2 Å². The molecule has 1 atom stereocenters. The maximum absolute atomic E-state index is 11.9. The van der Waals surface area contributed by atoms with E-state index in [0.29, 0.717) is 10.8 Å². The lowest BCUT2D eigenvalue weighted by atomic mass is 10.0. The van der Waals surface area contributed by atoms with Gasteiger partial charge in [0.1, 0.15) is 5.75 Å². The Morgan fingerprint density at radius 2 is 1.69 bits per heavy atom. The van der Waals surface area contributed by atoms with Crippen LogP contribution in [0.2, 0.25) is 5.02 Å². The first-order chi connectivity index (χ1) is 12.5. The van der Waals surface area contributed by atoms with Gasteiger partial charge in [-0.15, -0.1) is 0 Å². The summed E-state index contributed by atoms with van der Waals surface area (Å²) in [4.78, 5) is 11.9. The number of carbonyl (C=O) groups is 1. The zero-order valence-corrected chi connectivity index (χ0v) is 16.8. The number of hydrogen-bond donors (Lipinski definition) is 0. The van der Waals surface area contributed by atoms with Gasteiger partial charge in [-0.3, -0.25) is 4.79 Å². The summed E-state index contributed by atoms with van der Waals surface area (Å²) < 4.78 is 5.40. The highest BCUT2D eigenvalue weighted by Gasteiger charge is 2.15. The highest BCUT2D eigenvalue weighted by atomic mass is 35.5. The molecule has 0 bridgehead atoms. The van der Waals surface area contributed by atoms with Crippen LogP contribution < -0.4 is 4.74 Å². The molecule has 26 heavy (non-hydrogen) atoms. The Balaban J connectivity index is 2.03. The van der Waals surface area contributed by atoms with Crippen molar-refractivity contribution in [2.75, 3.05) is 0 Å². The molecule has 0 aliphatic rings. The van der Waals surface area contributed by atoms with Gasteiger partial charge in [0.15, 0.2) is 0 Å². The molecule has 0 aromatic heterocycles. The Bertz CT molecular complexity index is 707. The van der Waals surface area contributed by atoms with Gasteiger partial charge in [-0.25, -0.2) is 0 Å². The number of hydrogen-bond acceptors (Lipinski definition) is 2. The van der Waals surface area contributed by atoms with Crippen LogP contribution >= 0.6 is 11.6 Å². The smallest absolute Gasteiger partial charge is 0.314 e. The van der Waals surface area contributed by atoms with E-state index in [1.165, 1.54) is 31.2 Å². The monoisotopic (exact) mass is 372 g/mol. The van der Waals surface area contributed by atoms with Crippen LogP contribution in [0.4, 0.5) is 0 Å². The number of halogens is 1. The van der Waals surface area contributed by atoms with E-state index in [4.69, 9.17) is 16.3 Å². The fraction of sp³-hybridized carbons (Fsp3) is 0.435. The second-order valence-corrected chi connectivity index (χ2v) is 7.29. The van der Waals surface area contributed by atoms with Crippen molar-refractivity contribution in [1.29, 1.82) is 0 Å². The van der Waals surface area contributed by atoms with Gasteiger partial charge in [-0.1, -0.05) is 82.0 Å². The molecular weight excluding hydrogens is 344 g/mol. The third kappa shape index (κ3) is 5.88. The summed E-state index contributed by atoms with van der Waals surface area (Å²) in [6.45, 7) is 6.05. The maximum Gasteiger partial charge on any atom is 0.314 e. The molecule has 0 aliphatic heterocycles. The lowest BCUT2D eigenvalue weighted by Crippen LogP contribution is -2.17. The molecule has 2 rings (SSSR count). The number of unbranched alkanes of at least 4 members (excludes halogenated alkanes) is 3. The van der Waals surface area contributed by atoms with Crippen molar-refractivity contribution >= 4 is 17.6 Å². The summed E-state index contributed by atoms with van der Waals surface area (Å²) in [5.74, 6) is 0.0541. The van der Waals surface area contributed by atoms with Crippen molar-refractivity contribution in [2.24, 2.45) is 5.92 Å². The van der Waals surface area contributed by atoms with Crippen molar-refractivity contribution in [3.05, 3.63) is 53.1 Å². The third-order valence-electron chi connectivity index (χ3n) is 4.76. The van der Waals surface area contributed by atoms with E-state index < -0.39 is 0 Å². The average molecular weight is 373 g/mol. The quantitative estimate of drug-likeness (QED) is 0.267. The highest BCUT2D eigenvalue weighted by Crippen LogP contribution is 2.31. The van der Waals surface area contributed by atoms with Crippen LogP contribution in [0.15, 0.2) is 42.5 Å². The number of ether oxygens (including phenoxy) is 1. The number of rotatable bonds is 9. The molecule has 0 aliphatic carbocycles. The van der Waals surface area contributed by atoms with Crippen LogP contribution in [0.1, 0.15) is 58.4 Å². The summed E-state index contributed by atoms with van der Waals surface area (Å²) >= 11 is 6.32. The summed E-state index contributed by atoms with van der Waals surface area (Å²) in [5.41, 5.74) is 3.51. The molecule has 0 heterocycles. The largest absolute Gasteiger partial charge is 0.425 e. The predicted octanol–water partition coefficient (Wildman–Crippen LogP) is 7.08. The molecule has 0 saturated carbocycles. The van der Waals surface area contributed by atoms with E-state index in [0.717, 1.165) is 24.0 Å². The van der Waals surface area contributed by atoms with Crippen LogP contribution in [0.3, 0.4) is 0 Å². The lowest BCUT2D eigenvalue weighted by Gasteiger charge is -2.11. The summed E-state index contributed by atoms with van der Waals surface area (Å²) in [6.07, 6.45) is 7.00. The lowest BCUT2D eigenvalue weighted by molar-refractivity contribution is -0.138. The van der Waals surface area contributed by atoms with Crippen molar-refractivity contribution in [1.82, 2.24) is 0 Å². The van der Waals surface area contributed by atoms with E-state index in [-0.39, 0.29) is 11.9 Å². The van der Waals surface area contributed by atoms with E-state index in [9.17, 15) is 4.79 Å². The normalized spacial score (nSPS) is 12.0. The first-order valence-corrected chi connectivity index (χ1v) is 10.0. The summed E-state index contributed by atoms with van der Waals surface area (Å²) in [7, 11) is 0. The number of aryl methyl sites for hydroxylation is 1. The molecule has 2 aromatic carbocycles. The molecule has 140 valence electrons. The van der Waals surface area contributed by atoms with Crippen LogP contribution in [0.25, 0.3) is 11.1 Å². The highest BCUT2D eigenvalue weighted by molar-refractivity contribution is 6.32. The molecule has 1 unspecified atom stereocenters. The molecule has 0 saturated heterocycles. The van der Waals surface area contributed by atoms with E-state index >= 15 is 0 Å². The fourth-order valence-corrected chi connectivity index (χ4v) is 2.98.